The second-order valence-corrected chi connectivity index (χ2v) is 8.61. The van der Waals surface area contributed by atoms with Gasteiger partial charge in [-0.05, 0) is 43.3 Å². The van der Waals surface area contributed by atoms with Crippen molar-refractivity contribution >= 4 is 5.91 Å². The number of aromatic nitrogens is 2. The van der Waals surface area contributed by atoms with Crippen LogP contribution in [0.4, 0.5) is 0 Å². The summed E-state index contributed by atoms with van der Waals surface area (Å²) in [5.41, 5.74) is 4.37. The Labute approximate surface area is 207 Å². The van der Waals surface area contributed by atoms with Crippen LogP contribution in [0.25, 0.3) is 11.3 Å². The van der Waals surface area contributed by atoms with E-state index in [0.717, 1.165) is 30.6 Å². The van der Waals surface area contributed by atoms with E-state index in [9.17, 15) is 4.79 Å². The molecule has 0 radical (unpaired) electrons. The van der Waals surface area contributed by atoms with Crippen LogP contribution in [-0.4, -0.2) is 47.8 Å². The summed E-state index contributed by atoms with van der Waals surface area (Å²) >= 11 is 0. The maximum absolute atomic E-state index is 13.2. The van der Waals surface area contributed by atoms with Gasteiger partial charge in [0, 0.05) is 24.8 Å². The fourth-order valence-corrected chi connectivity index (χ4v) is 4.10. The highest BCUT2D eigenvalue weighted by Gasteiger charge is 2.20. The monoisotopic (exact) mass is 468 g/mol. The lowest BCUT2D eigenvalue weighted by Crippen LogP contribution is -2.28. The van der Waals surface area contributed by atoms with E-state index in [2.05, 4.69) is 53.7 Å². The molecule has 0 fully saturated rings. The summed E-state index contributed by atoms with van der Waals surface area (Å²) in [7, 11) is 3.73. The van der Waals surface area contributed by atoms with E-state index in [1.165, 1.54) is 5.56 Å². The summed E-state index contributed by atoms with van der Waals surface area (Å²) in [6, 6.07) is 28.2. The Hall–Kier alpha value is -3.90. The highest BCUT2D eigenvalue weighted by molar-refractivity contribution is 6.00. The van der Waals surface area contributed by atoms with Crippen molar-refractivity contribution in [1.82, 2.24) is 20.0 Å². The molecule has 0 saturated carbocycles. The second-order valence-electron chi connectivity index (χ2n) is 8.61. The van der Waals surface area contributed by atoms with Crippen molar-refractivity contribution in [1.29, 1.82) is 0 Å². The first-order valence-electron chi connectivity index (χ1n) is 11.9. The lowest BCUT2D eigenvalue weighted by atomic mass is 10.1. The number of hydrogen-bond acceptors (Lipinski definition) is 4. The number of hydrogen-bond donors (Lipinski definition) is 1. The van der Waals surface area contributed by atoms with Gasteiger partial charge in [0.1, 0.15) is 11.4 Å². The molecular formula is C29H32N4O2. The summed E-state index contributed by atoms with van der Waals surface area (Å²) in [5, 5.41) is 7.86. The number of ether oxygens (including phenoxy) is 1. The molecule has 1 heterocycles. The molecule has 0 saturated heterocycles. The van der Waals surface area contributed by atoms with Crippen LogP contribution >= 0.6 is 0 Å². The Bertz CT molecular complexity index is 1220. The van der Waals surface area contributed by atoms with Crippen LogP contribution in [0.3, 0.4) is 0 Å². The minimum absolute atomic E-state index is 0.129. The van der Waals surface area contributed by atoms with Gasteiger partial charge in [-0.2, -0.15) is 5.10 Å². The normalized spacial score (nSPS) is 10.9. The van der Waals surface area contributed by atoms with Crippen molar-refractivity contribution in [2.24, 2.45) is 0 Å². The van der Waals surface area contributed by atoms with Crippen LogP contribution in [0.2, 0.25) is 0 Å². The van der Waals surface area contributed by atoms with Gasteiger partial charge < -0.3 is 15.0 Å². The lowest BCUT2D eigenvalue weighted by Gasteiger charge is -2.16. The number of carbonyl (C=O) groups excluding carboxylic acids is 1. The molecule has 6 nitrogen and oxygen atoms in total. The predicted octanol–water partition coefficient (Wildman–Crippen LogP) is 4.86. The van der Waals surface area contributed by atoms with E-state index < -0.39 is 0 Å². The first-order chi connectivity index (χ1) is 17.1. The van der Waals surface area contributed by atoms with Crippen LogP contribution < -0.4 is 10.1 Å². The van der Waals surface area contributed by atoms with Crippen molar-refractivity contribution in [3.05, 3.63) is 108 Å². The standard InChI is InChI=1S/C29H32N4O2/c1-32(20-23-12-5-3-6-13-23)19-11-18-30-29(34)26-22-33(21-24-14-7-4-8-15-24)31-28(26)25-16-9-10-17-27(25)35-2/h3-10,12-17,22H,11,18-21H2,1-2H3,(H,30,34). The average molecular weight is 469 g/mol. The molecule has 0 unspecified atom stereocenters. The zero-order chi connectivity index (χ0) is 24.5. The van der Waals surface area contributed by atoms with Gasteiger partial charge in [-0.1, -0.05) is 72.8 Å². The Morgan fingerprint density at radius 1 is 0.943 bits per heavy atom. The van der Waals surface area contributed by atoms with Crippen molar-refractivity contribution in [2.75, 3.05) is 27.2 Å². The van der Waals surface area contributed by atoms with Gasteiger partial charge in [-0.15, -0.1) is 0 Å². The highest BCUT2D eigenvalue weighted by Crippen LogP contribution is 2.31. The highest BCUT2D eigenvalue weighted by atomic mass is 16.5. The summed E-state index contributed by atoms with van der Waals surface area (Å²) in [6.07, 6.45) is 2.68. The molecule has 0 aliphatic heterocycles. The zero-order valence-electron chi connectivity index (χ0n) is 20.4. The third kappa shape index (κ3) is 6.58. The molecule has 1 N–H and O–H groups in total. The van der Waals surface area contributed by atoms with Crippen molar-refractivity contribution < 1.29 is 9.53 Å². The molecule has 35 heavy (non-hydrogen) atoms. The van der Waals surface area contributed by atoms with Crippen LogP contribution in [0, 0.1) is 0 Å². The third-order valence-corrected chi connectivity index (χ3v) is 5.85. The van der Waals surface area contributed by atoms with Gasteiger partial charge in [0.05, 0.1) is 19.2 Å². The van der Waals surface area contributed by atoms with E-state index in [1.54, 1.807) is 7.11 Å². The maximum atomic E-state index is 13.2. The van der Waals surface area contributed by atoms with Gasteiger partial charge in [0.25, 0.3) is 5.91 Å². The van der Waals surface area contributed by atoms with Gasteiger partial charge in [0.2, 0.25) is 0 Å². The molecule has 0 aliphatic carbocycles. The van der Waals surface area contributed by atoms with E-state index in [1.807, 2.05) is 59.4 Å². The molecule has 6 heteroatoms. The van der Waals surface area contributed by atoms with Crippen LogP contribution in [0.15, 0.2) is 91.1 Å². The fraction of sp³-hybridized carbons (Fsp3) is 0.241. The number of methoxy groups -OCH3 is 1. The van der Waals surface area contributed by atoms with Gasteiger partial charge in [-0.3, -0.25) is 9.48 Å². The molecule has 0 aliphatic rings. The molecule has 4 aromatic rings. The Morgan fingerprint density at radius 3 is 2.31 bits per heavy atom. The molecule has 180 valence electrons. The maximum Gasteiger partial charge on any atom is 0.255 e. The Morgan fingerprint density at radius 2 is 1.60 bits per heavy atom. The number of nitrogens with one attached hydrogen (secondary N) is 1. The molecule has 0 bridgehead atoms. The number of para-hydroxylation sites is 1. The number of benzene rings is 3. The first-order valence-corrected chi connectivity index (χ1v) is 11.9. The number of amides is 1. The molecule has 0 atom stereocenters. The zero-order valence-corrected chi connectivity index (χ0v) is 20.4. The predicted molar refractivity (Wildman–Crippen MR) is 139 cm³/mol. The van der Waals surface area contributed by atoms with E-state index >= 15 is 0 Å². The fourth-order valence-electron chi connectivity index (χ4n) is 4.10. The topological polar surface area (TPSA) is 59.4 Å². The minimum Gasteiger partial charge on any atom is -0.496 e. The molecule has 3 aromatic carbocycles. The minimum atomic E-state index is -0.129. The molecule has 1 amide bonds. The molecular weight excluding hydrogens is 436 g/mol. The van der Waals surface area contributed by atoms with Gasteiger partial charge in [0.15, 0.2) is 0 Å². The largest absolute Gasteiger partial charge is 0.496 e. The van der Waals surface area contributed by atoms with Crippen LogP contribution in [0.1, 0.15) is 27.9 Å². The summed E-state index contributed by atoms with van der Waals surface area (Å²) in [4.78, 5) is 15.5. The SMILES string of the molecule is COc1ccccc1-c1nn(Cc2ccccc2)cc1C(=O)NCCCN(C)Cc1ccccc1. The molecule has 4 rings (SSSR count). The van der Waals surface area contributed by atoms with Crippen LogP contribution in [0.5, 0.6) is 5.75 Å². The van der Waals surface area contributed by atoms with Crippen molar-refractivity contribution in [2.45, 2.75) is 19.5 Å². The average Bonchev–Trinajstić information content (AvgIpc) is 3.31. The van der Waals surface area contributed by atoms with Gasteiger partial charge >= 0.3 is 0 Å². The Kier molecular flexibility index (Phi) is 8.30. The number of carbonyl (C=O) groups is 1. The van der Waals surface area contributed by atoms with E-state index in [0.29, 0.717) is 30.1 Å². The molecule has 0 spiro atoms. The van der Waals surface area contributed by atoms with E-state index in [4.69, 9.17) is 9.84 Å². The quantitative estimate of drug-likeness (QED) is 0.320. The third-order valence-electron chi connectivity index (χ3n) is 5.85. The van der Waals surface area contributed by atoms with Gasteiger partial charge in [-0.25, -0.2) is 0 Å². The lowest BCUT2D eigenvalue weighted by molar-refractivity contribution is 0.0952. The number of rotatable bonds is 11. The summed E-state index contributed by atoms with van der Waals surface area (Å²) in [5.74, 6) is 0.560. The van der Waals surface area contributed by atoms with Crippen LogP contribution in [-0.2, 0) is 13.1 Å². The number of nitrogens with zero attached hydrogens (tertiary/aromatic N) is 3. The second kappa shape index (κ2) is 12.0. The van der Waals surface area contributed by atoms with E-state index in [-0.39, 0.29) is 5.91 Å². The first kappa shape index (κ1) is 24.2. The summed E-state index contributed by atoms with van der Waals surface area (Å²) in [6.45, 7) is 2.95. The van der Waals surface area contributed by atoms with Crippen molar-refractivity contribution in [3.8, 4) is 17.0 Å². The van der Waals surface area contributed by atoms with Crippen molar-refractivity contribution in [3.63, 3.8) is 0 Å². The smallest absolute Gasteiger partial charge is 0.255 e. The Balaban J connectivity index is 1.44. The summed E-state index contributed by atoms with van der Waals surface area (Å²) < 4.78 is 7.37. The molecule has 1 aromatic heterocycles.